The van der Waals surface area contributed by atoms with Gasteiger partial charge in [0, 0.05) is 23.2 Å². The number of ketones is 1. The number of carboxylic acids is 1. The quantitative estimate of drug-likeness (QED) is 0.163. The summed E-state index contributed by atoms with van der Waals surface area (Å²) in [6.45, 7) is 10.0. The van der Waals surface area contributed by atoms with Crippen LogP contribution in [0.5, 0.6) is 0 Å². The van der Waals surface area contributed by atoms with Gasteiger partial charge in [-0.1, -0.05) is 98.7 Å². The molecule has 0 saturated carbocycles. The number of rotatable bonds is 13. The number of carbonyl (C=O) groups excluding carboxylic acids is 2. The van der Waals surface area contributed by atoms with Crippen LogP contribution in [-0.2, 0) is 4.79 Å². The van der Waals surface area contributed by atoms with Crippen molar-refractivity contribution in [1.82, 2.24) is 0 Å². The Bertz CT molecular complexity index is 1320. The zero-order valence-corrected chi connectivity index (χ0v) is 24.9. The van der Waals surface area contributed by atoms with Crippen molar-refractivity contribution in [2.45, 2.75) is 66.7 Å². The molecule has 0 fully saturated rings. The molecule has 216 valence electrons. The third-order valence-electron chi connectivity index (χ3n) is 6.78. The lowest BCUT2D eigenvalue weighted by atomic mass is 9.91. The number of nitrogens with one attached hydrogen (secondary N) is 1. The van der Waals surface area contributed by atoms with Gasteiger partial charge in [-0.05, 0) is 74.9 Å². The van der Waals surface area contributed by atoms with Crippen molar-refractivity contribution in [2.24, 2.45) is 5.92 Å². The van der Waals surface area contributed by atoms with Gasteiger partial charge in [-0.25, -0.2) is 0 Å². The standard InChI is InChI=1S/C34H37NO4.C2H6/c1-4-6-7-8-25(5-2)11-14-30(34(38)39)23-32(36)28-17-15-26(16-18-28)27-19-21-31(22-20-27)35-33(37)29-12-9-24(3)10-13-29;1-2/h5-7,9-10,12-13,15-22,30H,4,8,11,14,23H2,1-3H3,(H,35,37)(H,38,39);1-2H3/b7-6-,25-5+;. The summed E-state index contributed by atoms with van der Waals surface area (Å²) in [6.07, 6.45) is 9.10. The second-order valence-corrected chi connectivity index (χ2v) is 9.71. The monoisotopic (exact) mass is 553 g/mol. The number of hydrogen-bond donors (Lipinski definition) is 2. The zero-order valence-electron chi connectivity index (χ0n) is 24.9. The Morgan fingerprint density at radius 3 is 1.93 bits per heavy atom. The summed E-state index contributed by atoms with van der Waals surface area (Å²) in [4.78, 5) is 37.2. The SMILES string of the molecule is C/C=C(\C/C=C\CC)CCC(CC(=O)c1ccc(-c2ccc(NC(=O)c3ccc(C)cc3)cc2)cc1)C(=O)O.CC. The van der Waals surface area contributed by atoms with E-state index in [1.165, 1.54) is 5.57 Å². The topological polar surface area (TPSA) is 83.5 Å². The summed E-state index contributed by atoms with van der Waals surface area (Å²) in [5, 5.41) is 12.6. The van der Waals surface area contributed by atoms with E-state index >= 15 is 0 Å². The minimum Gasteiger partial charge on any atom is -0.481 e. The zero-order chi connectivity index (χ0) is 30.2. The van der Waals surface area contributed by atoms with Crippen LogP contribution in [0.4, 0.5) is 5.69 Å². The number of carboxylic acid groups (broad SMARTS) is 1. The summed E-state index contributed by atoms with van der Waals surface area (Å²) in [5.41, 5.74) is 5.95. The van der Waals surface area contributed by atoms with Crippen molar-refractivity contribution in [1.29, 1.82) is 0 Å². The molecule has 0 aliphatic carbocycles. The van der Waals surface area contributed by atoms with Crippen LogP contribution >= 0.6 is 0 Å². The number of Topliss-reactive ketones (excluding diaryl/α,β-unsaturated/α-hetero) is 1. The van der Waals surface area contributed by atoms with Crippen LogP contribution in [0, 0.1) is 12.8 Å². The van der Waals surface area contributed by atoms with Gasteiger partial charge >= 0.3 is 5.97 Å². The average molecular weight is 554 g/mol. The molecule has 5 heteroatoms. The molecule has 0 aromatic heterocycles. The van der Waals surface area contributed by atoms with E-state index < -0.39 is 11.9 Å². The van der Waals surface area contributed by atoms with Crippen LogP contribution in [0.3, 0.4) is 0 Å². The van der Waals surface area contributed by atoms with E-state index in [-0.39, 0.29) is 18.1 Å². The molecule has 0 aliphatic rings. The van der Waals surface area contributed by atoms with Gasteiger partial charge in [-0.2, -0.15) is 0 Å². The smallest absolute Gasteiger partial charge is 0.306 e. The number of benzene rings is 3. The largest absolute Gasteiger partial charge is 0.481 e. The van der Waals surface area contributed by atoms with E-state index in [1.807, 2.05) is 82.3 Å². The number of amides is 1. The summed E-state index contributed by atoms with van der Waals surface area (Å²) in [5.74, 6) is -1.99. The van der Waals surface area contributed by atoms with Crippen molar-refractivity contribution in [3.05, 3.63) is 113 Å². The van der Waals surface area contributed by atoms with Crippen molar-refractivity contribution >= 4 is 23.3 Å². The van der Waals surface area contributed by atoms with E-state index in [0.717, 1.165) is 29.5 Å². The Morgan fingerprint density at radius 1 is 0.829 bits per heavy atom. The average Bonchev–Trinajstić information content (AvgIpc) is 2.99. The molecule has 1 atom stereocenters. The van der Waals surface area contributed by atoms with Gasteiger partial charge < -0.3 is 10.4 Å². The molecule has 0 radical (unpaired) electrons. The Balaban J connectivity index is 0.00000287. The first-order chi connectivity index (χ1) is 19.8. The summed E-state index contributed by atoms with van der Waals surface area (Å²) < 4.78 is 0. The number of aryl methyl sites for hydroxylation is 1. The second-order valence-electron chi connectivity index (χ2n) is 9.71. The fraction of sp³-hybridized carbons (Fsp3) is 0.306. The second kappa shape index (κ2) is 17.4. The van der Waals surface area contributed by atoms with E-state index in [0.29, 0.717) is 29.7 Å². The Morgan fingerprint density at radius 2 is 1.39 bits per heavy atom. The maximum atomic E-state index is 12.9. The van der Waals surface area contributed by atoms with Crippen molar-refractivity contribution < 1.29 is 19.5 Å². The minimum atomic E-state index is -0.936. The molecule has 2 N–H and O–H groups in total. The van der Waals surface area contributed by atoms with Crippen LogP contribution < -0.4 is 5.32 Å². The first-order valence-corrected chi connectivity index (χ1v) is 14.4. The maximum absolute atomic E-state index is 12.9. The molecule has 1 unspecified atom stereocenters. The number of carbonyl (C=O) groups is 3. The van der Waals surface area contributed by atoms with Gasteiger partial charge in [-0.3, -0.25) is 14.4 Å². The lowest BCUT2D eigenvalue weighted by Crippen LogP contribution is -2.18. The molecule has 1 amide bonds. The Hall–Kier alpha value is -4.25. The lowest BCUT2D eigenvalue weighted by molar-refractivity contribution is -0.141. The van der Waals surface area contributed by atoms with Crippen LogP contribution in [0.1, 0.15) is 86.1 Å². The van der Waals surface area contributed by atoms with Crippen molar-refractivity contribution in [3.8, 4) is 11.1 Å². The lowest BCUT2D eigenvalue weighted by Gasteiger charge is -2.13. The first-order valence-electron chi connectivity index (χ1n) is 14.4. The number of anilines is 1. The summed E-state index contributed by atoms with van der Waals surface area (Å²) in [7, 11) is 0. The molecular weight excluding hydrogens is 510 g/mol. The fourth-order valence-electron chi connectivity index (χ4n) is 4.28. The predicted octanol–water partition coefficient (Wildman–Crippen LogP) is 9.30. The molecule has 3 aromatic carbocycles. The third kappa shape index (κ3) is 10.7. The molecule has 5 nitrogen and oxygen atoms in total. The molecule has 3 rings (SSSR count). The van der Waals surface area contributed by atoms with E-state index in [1.54, 1.807) is 24.3 Å². The minimum absolute atomic E-state index is 0.0220. The fourth-order valence-corrected chi connectivity index (χ4v) is 4.28. The van der Waals surface area contributed by atoms with E-state index in [9.17, 15) is 19.5 Å². The number of aliphatic carboxylic acids is 1. The summed E-state index contributed by atoms with van der Waals surface area (Å²) >= 11 is 0. The Kier molecular flexibility index (Phi) is 14.0. The van der Waals surface area contributed by atoms with Crippen LogP contribution in [0.25, 0.3) is 11.1 Å². The third-order valence-corrected chi connectivity index (χ3v) is 6.78. The van der Waals surface area contributed by atoms with Gasteiger partial charge in [0.15, 0.2) is 5.78 Å². The van der Waals surface area contributed by atoms with Gasteiger partial charge in [0.1, 0.15) is 0 Å². The van der Waals surface area contributed by atoms with Gasteiger partial charge in [-0.15, -0.1) is 0 Å². The van der Waals surface area contributed by atoms with Gasteiger partial charge in [0.2, 0.25) is 0 Å². The highest BCUT2D eigenvalue weighted by molar-refractivity contribution is 6.04. The number of allylic oxidation sites excluding steroid dienone is 4. The van der Waals surface area contributed by atoms with E-state index in [4.69, 9.17) is 0 Å². The molecule has 3 aromatic rings. The van der Waals surface area contributed by atoms with Crippen molar-refractivity contribution in [2.75, 3.05) is 5.32 Å². The maximum Gasteiger partial charge on any atom is 0.306 e. The van der Waals surface area contributed by atoms with Gasteiger partial charge in [0.05, 0.1) is 5.92 Å². The normalized spacial score (nSPS) is 11.9. The molecule has 0 spiro atoms. The van der Waals surface area contributed by atoms with Gasteiger partial charge in [0.25, 0.3) is 5.91 Å². The van der Waals surface area contributed by atoms with Crippen LogP contribution in [-0.4, -0.2) is 22.8 Å². The number of hydrogen-bond acceptors (Lipinski definition) is 3. The van der Waals surface area contributed by atoms with Crippen molar-refractivity contribution in [3.63, 3.8) is 0 Å². The van der Waals surface area contributed by atoms with E-state index in [2.05, 4.69) is 24.4 Å². The Labute approximate surface area is 245 Å². The molecule has 0 aliphatic heterocycles. The molecular formula is C36H43NO4. The molecule has 0 bridgehead atoms. The highest BCUT2D eigenvalue weighted by Crippen LogP contribution is 2.25. The highest BCUT2D eigenvalue weighted by Gasteiger charge is 2.22. The van der Waals surface area contributed by atoms with Crippen LogP contribution in [0.2, 0.25) is 0 Å². The highest BCUT2D eigenvalue weighted by atomic mass is 16.4. The molecule has 0 heterocycles. The summed E-state index contributed by atoms with van der Waals surface area (Å²) in [6, 6.07) is 22.1. The first kappa shape index (κ1) is 33.0. The predicted molar refractivity (Wildman–Crippen MR) is 169 cm³/mol. The molecule has 0 saturated heterocycles. The molecule has 41 heavy (non-hydrogen) atoms. The van der Waals surface area contributed by atoms with Crippen LogP contribution in [0.15, 0.2) is 96.6 Å².